The van der Waals surface area contributed by atoms with Crippen molar-refractivity contribution in [2.75, 3.05) is 24.3 Å². The number of hydrogen-bond acceptors (Lipinski definition) is 6. The van der Waals surface area contributed by atoms with Gasteiger partial charge in [0.1, 0.15) is 23.2 Å². The molecule has 1 heterocycles. The first-order chi connectivity index (χ1) is 14.7. The van der Waals surface area contributed by atoms with E-state index in [0.29, 0.717) is 29.8 Å². The van der Waals surface area contributed by atoms with Crippen LogP contribution in [0.15, 0.2) is 30.5 Å². The second-order valence-corrected chi connectivity index (χ2v) is 8.76. The number of nitrogens with one attached hydrogen (secondary N) is 2. The van der Waals surface area contributed by atoms with Crippen molar-refractivity contribution in [3.05, 3.63) is 41.6 Å². The topological polar surface area (TPSA) is 82.9 Å². The Labute approximate surface area is 179 Å². The van der Waals surface area contributed by atoms with Gasteiger partial charge in [-0.3, -0.25) is 0 Å². The summed E-state index contributed by atoms with van der Waals surface area (Å²) >= 11 is 0. The first-order valence-electron chi connectivity index (χ1n) is 11.0. The molecule has 2 unspecified atom stereocenters. The Bertz CT molecular complexity index is 895. The number of benzene rings is 1. The maximum Gasteiger partial charge on any atom is 0.224 e. The summed E-state index contributed by atoms with van der Waals surface area (Å²) in [5.74, 6) is 5.22. The molecule has 158 valence electrons. The van der Waals surface area contributed by atoms with Crippen molar-refractivity contribution < 1.29 is 4.74 Å². The van der Waals surface area contributed by atoms with Gasteiger partial charge in [0.05, 0.1) is 13.3 Å². The second-order valence-electron chi connectivity index (χ2n) is 8.76. The lowest BCUT2D eigenvalue weighted by Gasteiger charge is -2.44. The molecule has 30 heavy (non-hydrogen) atoms. The largest absolute Gasteiger partial charge is 0.496 e. The van der Waals surface area contributed by atoms with Crippen molar-refractivity contribution in [3.63, 3.8) is 0 Å². The first-order valence-corrected chi connectivity index (χ1v) is 11.0. The standard InChI is InChI=1S/C24H31N5O/c1-16-18-7-5-8-19(16)11-17(10-18)13-26-23-21(12-25)15-28-24(29-23)27-14-20-6-3-4-9-22(20)30-2/h3-4,6,9,15-19H,5,7-8,10-11,13-14H2,1-2H3,(H2,26,27,28,29)/t16?,17?,18-,19+. The number of ether oxygens (including phenoxy) is 1. The Balaban J connectivity index is 1.40. The zero-order chi connectivity index (χ0) is 20.9. The first kappa shape index (κ1) is 20.5. The number of nitrogens with zero attached hydrogens (tertiary/aromatic N) is 3. The third-order valence-corrected chi connectivity index (χ3v) is 7.01. The van der Waals surface area contributed by atoms with Crippen LogP contribution in [0, 0.1) is 35.0 Å². The molecule has 4 rings (SSSR count). The van der Waals surface area contributed by atoms with Crippen molar-refractivity contribution in [1.82, 2.24) is 9.97 Å². The third kappa shape index (κ3) is 4.51. The predicted molar refractivity (Wildman–Crippen MR) is 118 cm³/mol. The summed E-state index contributed by atoms with van der Waals surface area (Å²) in [7, 11) is 1.67. The lowest BCUT2D eigenvalue weighted by atomic mass is 9.62. The molecule has 2 saturated carbocycles. The number of aromatic nitrogens is 2. The Morgan fingerprint density at radius 1 is 1.17 bits per heavy atom. The van der Waals surface area contributed by atoms with E-state index < -0.39 is 0 Å². The highest BCUT2D eigenvalue weighted by Gasteiger charge is 2.37. The van der Waals surface area contributed by atoms with Crippen LogP contribution in [0.25, 0.3) is 0 Å². The number of nitriles is 1. The van der Waals surface area contributed by atoms with Gasteiger partial charge in [0, 0.05) is 18.7 Å². The van der Waals surface area contributed by atoms with Gasteiger partial charge in [0.15, 0.2) is 0 Å². The van der Waals surface area contributed by atoms with E-state index in [9.17, 15) is 5.26 Å². The van der Waals surface area contributed by atoms with Crippen LogP contribution in [-0.4, -0.2) is 23.6 Å². The van der Waals surface area contributed by atoms with Gasteiger partial charge in [-0.25, -0.2) is 4.98 Å². The fourth-order valence-corrected chi connectivity index (χ4v) is 5.28. The van der Waals surface area contributed by atoms with E-state index in [4.69, 9.17) is 4.74 Å². The van der Waals surface area contributed by atoms with E-state index in [1.165, 1.54) is 32.1 Å². The molecular weight excluding hydrogens is 374 g/mol. The van der Waals surface area contributed by atoms with Crippen LogP contribution >= 0.6 is 0 Å². The summed E-state index contributed by atoms with van der Waals surface area (Å²) in [6, 6.07) is 10.1. The molecule has 0 radical (unpaired) electrons. The smallest absolute Gasteiger partial charge is 0.224 e. The molecule has 0 spiro atoms. The Kier molecular flexibility index (Phi) is 6.37. The van der Waals surface area contributed by atoms with Crippen LogP contribution in [0.5, 0.6) is 5.75 Å². The molecule has 0 aliphatic heterocycles. The summed E-state index contributed by atoms with van der Waals surface area (Å²) < 4.78 is 5.40. The van der Waals surface area contributed by atoms with E-state index >= 15 is 0 Å². The number of fused-ring (bicyclic) bond motifs is 2. The predicted octanol–water partition coefficient (Wildman–Crippen LogP) is 4.84. The highest BCUT2D eigenvalue weighted by Crippen LogP contribution is 2.46. The second kappa shape index (κ2) is 9.34. The zero-order valence-corrected chi connectivity index (χ0v) is 17.9. The van der Waals surface area contributed by atoms with Crippen LogP contribution in [-0.2, 0) is 6.54 Å². The molecule has 2 aliphatic carbocycles. The SMILES string of the molecule is COc1ccccc1CNc1ncc(C#N)c(NCC2C[C@H]3CCC[C@@H](C2)C3C)n1. The fourth-order valence-electron chi connectivity index (χ4n) is 5.28. The normalized spacial score (nSPS) is 25.2. The molecule has 6 nitrogen and oxygen atoms in total. The minimum absolute atomic E-state index is 0.488. The van der Waals surface area contributed by atoms with Gasteiger partial charge in [-0.15, -0.1) is 0 Å². The van der Waals surface area contributed by atoms with E-state index in [1.807, 2.05) is 24.3 Å². The Hall–Kier alpha value is -2.81. The molecular formula is C24H31N5O. The average molecular weight is 406 g/mol. The van der Waals surface area contributed by atoms with Gasteiger partial charge < -0.3 is 15.4 Å². The molecule has 1 aromatic carbocycles. The zero-order valence-electron chi connectivity index (χ0n) is 17.9. The number of anilines is 2. The van der Waals surface area contributed by atoms with Crippen molar-refractivity contribution in [1.29, 1.82) is 5.26 Å². The summed E-state index contributed by atoms with van der Waals surface area (Å²) in [6.07, 6.45) is 8.32. The van der Waals surface area contributed by atoms with Crippen LogP contribution in [0.2, 0.25) is 0 Å². The number of hydrogen-bond donors (Lipinski definition) is 2. The lowest BCUT2D eigenvalue weighted by molar-refractivity contribution is 0.0719. The minimum atomic E-state index is 0.488. The summed E-state index contributed by atoms with van der Waals surface area (Å²) in [5.41, 5.74) is 1.52. The van der Waals surface area contributed by atoms with Gasteiger partial charge >= 0.3 is 0 Å². The highest BCUT2D eigenvalue weighted by atomic mass is 16.5. The van der Waals surface area contributed by atoms with Crippen LogP contribution in [0.1, 0.15) is 50.2 Å². The van der Waals surface area contributed by atoms with Gasteiger partial charge in [-0.1, -0.05) is 44.4 Å². The summed E-state index contributed by atoms with van der Waals surface area (Å²) in [6.45, 7) is 3.87. The van der Waals surface area contributed by atoms with Crippen LogP contribution in [0.4, 0.5) is 11.8 Å². The molecule has 2 bridgehead atoms. The van der Waals surface area contributed by atoms with Crippen molar-refractivity contribution in [2.45, 2.75) is 45.6 Å². The average Bonchev–Trinajstić information content (AvgIpc) is 2.76. The molecule has 2 aromatic rings. The Morgan fingerprint density at radius 2 is 1.93 bits per heavy atom. The summed E-state index contributed by atoms with van der Waals surface area (Å²) in [4.78, 5) is 8.90. The van der Waals surface area contributed by atoms with Crippen LogP contribution < -0.4 is 15.4 Å². The fraction of sp³-hybridized carbons (Fsp3) is 0.542. The molecule has 0 amide bonds. The van der Waals surface area contributed by atoms with Gasteiger partial charge in [0.25, 0.3) is 0 Å². The van der Waals surface area contributed by atoms with E-state index in [-0.39, 0.29) is 0 Å². The van der Waals surface area contributed by atoms with Gasteiger partial charge in [-0.2, -0.15) is 10.2 Å². The molecule has 2 N–H and O–H groups in total. The quantitative estimate of drug-likeness (QED) is 0.686. The minimum Gasteiger partial charge on any atom is -0.496 e. The third-order valence-electron chi connectivity index (χ3n) is 7.01. The number of rotatable bonds is 7. The highest BCUT2D eigenvalue weighted by molar-refractivity contribution is 5.53. The van der Waals surface area contributed by atoms with E-state index in [0.717, 1.165) is 35.6 Å². The van der Waals surface area contributed by atoms with Crippen LogP contribution in [0.3, 0.4) is 0 Å². The molecule has 2 fully saturated rings. The number of methoxy groups -OCH3 is 1. The van der Waals surface area contributed by atoms with Crippen molar-refractivity contribution in [3.8, 4) is 11.8 Å². The maximum absolute atomic E-state index is 9.48. The van der Waals surface area contributed by atoms with E-state index in [1.54, 1.807) is 13.3 Å². The molecule has 1 aromatic heterocycles. The molecule has 0 saturated heterocycles. The molecule has 2 aliphatic rings. The van der Waals surface area contributed by atoms with E-state index in [2.05, 4.69) is 33.6 Å². The maximum atomic E-state index is 9.48. The van der Waals surface area contributed by atoms with Crippen molar-refractivity contribution in [2.24, 2.45) is 23.7 Å². The Morgan fingerprint density at radius 3 is 2.67 bits per heavy atom. The molecule has 6 heteroatoms. The monoisotopic (exact) mass is 405 g/mol. The molecule has 4 atom stereocenters. The van der Waals surface area contributed by atoms with Crippen molar-refractivity contribution >= 4 is 11.8 Å². The van der Waals surface area contributed by atoms with Gasteiger partial charge in [0.2, 0.25) is 5.95 Å². The number of para-hydroxylation sites is 1. The summed E-state index contributed by atoms with van der Waals surface area (Å²) in [5, 5.41) is 16.2. The van der Waals surface area contributed by atoms with Gasteiger partial charge in [-0.05, 0) is 42.6 Å². The lowest BCUT2D eigenvalue weighted by Crippen LogP contribution is -2.36.